The van der Waals surface area contributed by atoms with Gasteiger partial charge in [0.25, 0.3) is 0 Å². The molecule has 0 aliphatic carbocycles. The van der Waals surface area contributed by atoms with E-state index in [0.717, 1.165) is 37.1 Å². The molecule has 2 N–H and O–H groups in total. The molecule has 0 bridgehead atoms. The molecule has 9 heteroatoms. The highest BCUT2D eigenvalue weighted by Crippen LogP contribution is 2.39. The molecule has 2 atom stereocenters. The van der Waals surface area contributed by atoms with Crippen LogP contribution in [0.25, 0.3) is 0 Å². The van der Waals surface area contributed by atoms with E-state index in [1.165, 1.54) is 16.1 Å². The molecule has 2 aromatic carbocycles. The number of hydrogen-bond acceptors (Lipinski definition) is 5. The van der Waals surface area contributed by atoms with E-state index >= 15 is 0 Å². The van der Waals surface area contributed by atoms with Crippen molar-refractivity contribution in [2.45, 2.75) is 45.3 Å². The molecule has 1 saturated heterocycles. The number of halogens is 2. The van der Waals surface area contributed by atoms with Crippen LogP contribution in [0.5, 0.6) is 5.75 Å². The molecule has 1 aliphatic heterocycles. The van der Waals surface area contributed by atoms with Crippen LogP contribution in [-0.2, 0) is 16.4 Å². The van der Waals surface area contributed by atoms with E-state index in [1.54, 1.807) is 13.1 Å². The number of rotatable bonds is 7. The number of anilines is 1. The molecule has 0 aromatic heterocycles. The van der Waals surface area contributed by atoms with Crippen molar-refractivity contribution in [1.29, 1.82) is 0 Å². The maximum Gasteiger partial charge on any atom is 0.231 e. The molecule has 2 aromatic rings. The van der Waals surface area contributed by atoms with Gasteiger partial charge in [0, 0.05) is 13.6 Å². The van der Waals surface area contributed by atoms with Crippen molar-refractivity contribution in [3.8, 4) is 5.75 Å². The van der Waals surface area contributed by atoms with Crippen LogP contribution in [0.1, 0.15) is 43.9 Å². The molecule has 0 saturated carbocycles. The average molecular weight is 505 g/mol. The van der Waals surface area contributed by atoms with E-state index in [1.807, 2.05) is 49.2 Å². The van der Waals surface area contributed by atoms with Crippen molar-refractivity contribution in [1.82, 2.24) is 5.01 Å². The first-order valence-electron chi connectivity index (χ1n) is 10.5. The van der Waals surface area contributed by atoms with Gasteiger partial charge in [-0.3, -0.25) is 10.1 Å². The molecule has 32 heavy (non-hydrogen) atoms. The van der Waals surface area contributed by atoms with Gasteiger partial charge in [-0.25, -0.2) is 13.4 Å². The maximum atomic E-state index is 12.0. The fraction of sp³-hybridized carbons (Fsp3) is 0.478. The van der Waals surface area contributed by atoms with Crippen LogP contribution in [0.3, 0.4) is 0 Å². The van der Waals surface area contributed by atoms with Crippen molar-refractivity contribution in [3.63, 3.8) is 0 Å². The average Bonchev–Trinajstić information content (AvgIpc) is 2.68. The van der Waals surface area contributed by atoms with Crippen LogP contribution in [0, 0.1) is 5.92 Å². The van der Waals surface area contributed by atoms with Gasteiger partial charge in [0.2, 0.25) is 10.0 Å². The van der Waals surface area contributed by atoms with Crippen molar-refractivity contribution in [2.24, 2.45) is 11.8 Å². The van der Waals surface area contributed by atoms with Gasteiger partial charge in [-0.15, -0.1) is 24.8 Å². The van der Waals surface area contributed by atoms with Gasteiger partial charge >= 0.3 is 0 Å². The second kappa shape index (κ2) is 12.1. The van der Waals surface area contributed by atoms with Crippen LogP contribution in [0.4, 0.5) is 5.69 Å². The summed E-state index contributed by atoms with van der Waals surface area (Å²) in [6, 6.07) is 16.1. The van der Waals surface area contributed by atoms with Crippen LogP contribution < -0.4 is 14.9 Å². The lowest BCUT2D eigenvalue weighted by molar-refractivity contribution is 0.0919. The summed E-state index contributed by atoms with van der Waals surface area (Å²) >= 11 is 0. The molecule has 1 aliphatic rings. The summed E-state index contributed by atoms with van der Waals surface area (Å²) < 4.78 is 31.5. The Hall–Kier alpha value is -1.51. The molecule has 6 nitrogen and oxygen atoms in total. The smallest absolute Gasteiger partial charge is 0.231 e. The molecule has 1 fully saturated rings. The Labute approximate surface area is 205 Å². The Morgan fingerprint density at radius 2 is 1.81 bits per heavy atom. The Bertz CT molecular complexity index is 958. The fourth-order valence-corrected chi connectivity index (χ4v) is 4.69. The first-order valence-corrected chi connectivity index (χ1v) is 12.3. The van der Waals surface area contributed by atoms with Gasteiger partial charge in [0.05, 0.1) is 24.1 Å². The molecule has 3 rings (SSSR count). The van der Waals surface area contributed by atoms with Gasteiger partial charge in [-0.05, 0) is 68.4 Å². The number of sulfonamides is 1. The third kappa shape index (κ3) is 6.99. The lowest BCUT2D eigenvalue weighted by Gasteiger charge is -2.39. The summed E-state index contributed by atoms with van der Waals surface area (Å²) in [5, 5.41) is 1.94. The van der Waals surface area contributed by atoms with E-state index in [0.29, 0.717) is 11.6 Å². The van der Waals surface area contributed by atoms with E-state index < -0.39 is 10.0 Å². The Balaban J connectivity index is 0.00000256. The normalized spacial score (nSPS) is 19.1. The highest BCUT2D eigenvalue weighted by molar-refractivity contribution is 7.92. The number of piperidine rings is 1. The number of ether oxygens (including phenoxy) is 1. The van der Waals surface area contributed by atoms with E-state index in [9.17, 15) is 8.42 Å². The van der Waals surface area contributed by atoms with Crippen molar-refractivity contribution in [3.05, 3.63) is 59.7 Å². The van der Waals surface area contributed by atoms with E-state index in [4.69, 9.17) is 10.6 Å². The second-order valence-electron chi connectivity index (χ2n) is 8.39. The molecule has 1 heterocycles. The monoisotopic (exact) mass is 503 g/mol. The first kappa shape index (κ1) is 28.5. The van der Waals surface area contributed by atoms with Gasteiger partial charge < -0.3 is 4.74 Å². The van der Waals surface area contributed by atoms with Crippen molar-refractivity contribution in [2.75, 3.05) is 24.2 Å². The zero-order valence-corrected chi connectivity index (χ0v) is 21.6. The lowest BCUT2D eigenvalue weighted by atomic mass is 9.81. The zero-order chi connectivity index (χ0) is 21.9. The summed E-state index contributed by atoms with van der Waals surface area (Å²) in [6.45, 7) is 4.85. The summed E-state index contributed by atoms with van der Waals surface area (Å²) in [5.41, 5.74) is 2.86. The fourth-order valence-electron chi connectivity index (χ4n) is 4.20. The number of hydrazine groups is 1. The molecule has 0 amide bonds. The molecule has 180 valence electrons. The van der Waals surface area contributed by atoms with Crippen LogP contribution in [0.2, 0.25) is 0 Å². The minimum atomic E-state index is -3.34. The Morgan fingerprint density at radius 1 is 1.16 bits per heavy atom. The third-order valence-corrected chi connectivity index (χ3v) is 6.89. The highest BCUT2D eigenvalue weighted by atomic mass is 35.5. The number of hydrogen-bond donors (Lipinski definition) is 1. The molecule has 0 spiro atoms. The number of nitrogens with zero attached hydrogens (tertiary/aromatic N) is 2. The minimum Gasteiger partial charge on any atom is -0.491 e. The molecule has 2 unspecified atom stereocenters. The summed E-state index contributed by atoms with van der Waals surface area (Å²) in [6.07, 6.45) is 4.10. The Kier molecular flexibility index (Phi) is 10.8. The minimum absolute atomic E-state index is 0. The summed E-state index contributed by atoms with van der Waals surface area (Å²) in [7, 11) is -1.76. The molecular weight excluding hydrogens is 469 g/mol. The first-order chi connectivity index (χ1) is 14.2. The number of benzene rings is 2. The predicted octanol–water partition coefficient (Wildman–Crippen LogP) is 4.58. The van der Waals surface area contributed by atoms with Gasteiger partial charge in [0.1, 0.15) is 5.75 Å². The third-order valence-electron chi connectivity index (χ3n) is 5.69. The lowest BCUT2D eigenvalue weighted by Crippen LogP contribution is -2.44. The standard InChI is InChI=1S/C23H33N3O3S.2ClH/c1-17(2)29-22-13-12-21(25(3)30(4,27)28)16-20(22)15-19-11-8-14-26(24)23(19)18-9-6-5-7-10-18;;/h5-7,9-10,12-13,16-17,19,23H,8,11,14-15,24H2,1-4H3;2*1H. The maximum absolute atomic E-state index is 12.0. The van der Waals surface area contributed by atoms with Gasteiger partial charge in [-0.2, -0.15) is 0 Å². The van der Waals surface area contributed by atoms with Gasteiger partial charge in [-0.1, -0.05) is 30.3 Å². The zero-order valence-electron chi connectivity index (χ0n) is 19.1. The van der Waals surface area contributed by atoms with Crippen molar-refractivity contribution >= 4 is 40.5 Å². The molecule has 0 radical (unpaired) electrons. The van der Waals surface area contributed by atoms with Gasteiger partial charge in [0.15, 0.2) is 0 Å². The second-order valence-corrected chi connectivity index (χ2v) is 10.4. The SMILES string of the molecule is CC(C)Oc1ccc(N(C)S(C)(=O)=O)cc1CC1CCCN(N)C1c1ccccc1.Cl.Cl. The number of nitrogens with two attached hydrogens (primary N) is 1. The van der Waals surface area contributed by atoms with Crippen molar-refractivity contribution < 1.29 is 13.2 Å². The van der Waals surface area contributed by atoms with Crippen LogP contribution >= 0.6 is 24.8 Å². The van der Waals surface area contributed by atoms with E-state index in [2.05, 4.69) is 12.1 Å². The highest BCUT2D eigenvalue weighted by Gasteiger charge is 2.32. The summed E-state index contributed by atoms with van der Waals surface area (Å²) in [5.74, 6) is 7.53. The quantitative estimate of drug-likeness (QED) is 0.559. The largest absolute Gasteiger partial charge is 0.491 e. The van der Waals surface area contributed by atoms with E-state index in [-0.39, 0.29) is 37.0 Å². The molecular formula is C23H35Cl2N3O3S. The summed E-state index contributed by atoms with van der Waals surface area (Å²) in [4.78, 5) is 0. The van der Waals surface area contributed by atoms with Crippen LogP contribution in [-0.4, -0.2) is 39.4 Å². The van der Waals surface area contributed by atoms with Crippen LogP contribution in [0.15, 0.2) is 48.5 Å². The topological polar surface area (TPSA) is 75.9 Å². The predicted molar refractivity (Wildman–Crippen MR) is 136 cm³/mol. The Morgan fingerprint density at radius 3 is 2.41 bits per heavy atom.